The van der Waals surface area contributed by atoms with Gasteiger partial charge in [0.15, 0.2) is 0 Å². The highest BCUT2D eigenvalue weighted by Gasteiger charge is 2.37. The van der Waals surface area contributed by atoms with Crippen LogP contribution in [-0.4, -0.2) is 17.6 Å². The number of hydrogen-bond donors (Lipinski definition) is 0. The molecule has 21 heavy (non-hydrogen) atoms. The fourth-order valence-corrected chi connectivity index (χ4v) is 2.52. The molecule has 1 unspecified atom stereocenters. The number of ether oxygens (including phenoxy) is 1. The van der Waals surface area contributed by atoms with Crippen LogP contribution in [0.2, 0.25) is 5.02 Å². The van der Waals surface area contributed by atoms with Gasteiger partial charge in [0.05, 0.1) is 12.0 Å². The topological polar surface area (TPSA) is 39.2 Å². The van der Waals surface area contributed by atoms with Crippen molar-refractivity contribution in [3.05, 3.63) is 64.9 Å². The molecule has 4 heteroatoms. The van der Waals surface area contributed by atoms with Crippen molar-refractivity contribution in [2.45, 2.75) is 25.7 Å². The van der Waals surface area contributed by atoms with Crippen molar-refractivity contribution in [3.63, 3.8) is 0 Å². The molecule has 0 aliphatic heterocycles. The molecule has 110 valence electrons. The molecule has 0 amide bonds. The first-order valence-electron chi connectivity index (χ1n) is 6.88. The van der Waals surface area contributed by atoms with Crippen molar-refractivity contribution >= 4 is 17.6 Å². The minimum Gasteiger partial charge on any atom is -0.465 e. The van der Waals surface area contributed by atoms with E-state index in [0.29, 0.717) is 18.1 Å². The molecule has 0 aliphatic carbocycles. The zero-order valence-electron chi connectivity index (χ0n) is 12.2. The third kappa shape index (κ3) is 3.61. The van der Waals surface area contributed by atoms with Crippen LogP contribution >= 0.6 is 11.6 Å². The van der Waals surface area contributed by atoms with Gasteiger partial charge in [-0.3, -0.25) is 9.78 Å². The number of nitrogens with zero attached hydrogens (tertiary/aromatic N) is 1. The summed E-state index contributed by atoms with van der Waals surface area (Å²) in [4.78, 5) is 16.6. The van der Waals surface area contributed by atoms with Crippen LogP contribution < -0.4 is 0 Å². The van der Waals surface area contributed by atoms with E-state index >= 15 is 0 Å². The predicted octanol–water partition coefficient (Wildman–Crippen LogP) is 3.80. The summed E-state index contributed by atoms with van der Waals surface area (Å²) < 4.78 is 5.27. The van der Waals surface area contributed by atoms with Gasteiger partial charge in [-0.05, 0) is 49.6 Å². The van der Waals surface area contributed by atoms with Crippen molar-refractivity contribution in [3.8, 4) is 0 Å². The van der Waals surface area contributed by atoms with Crippen LogP contribution in [-0.2, 0) is 21.4 Å². The van der Waals surface area contributed by atoms with Gasteiger partial charge in [-0.1, -0.05) is 29.8 Å². The second-order valence-electron chi connectivity index (χ2n) is 5.10. The van der Waals surface area contributed by atoms with Crippen LogP contribution in [0.5, 0.6) is 0 Å². The lowest BCUT2D eigenvalue weighted by Crippen LogP contribution is -2.36. The first kappa shape index (κ1) is 15.5. The molecule has 0 N–H and O–H groups in total. The molecule has 0 saturated carbocycles. The van der Waals surface area contributed by atoms with E-state index in [1.54, 1.807) is 25.4 Å². The van der Waals surface area contributed by atoms with E-state index in [4.69, 9.17) is 16.3 Å². The smallest absolute Gasteiger partial charge is 0.316 e. The normalized spacial score (nSPS) is 13.5. The van der Waals surface area contributed by atoms with Gasteiger partial charge >= 0.3 is 5.97 Å². The molecule has 1 heterocycles. The minimum atomic E-state index is -0.788. The van der Waals surface area contributed by atoms with Crippen LogP contribution in [0.1, 0.15) is 25.0 Å². The maximum absolute atomic E-state index is 12.5. The first-order chi connectivity index (χ1) is 10.1. The summed E-state index contributed by atoms with van der Waals surface area (Å²) >= 11 is 6.07. The van der Waals surface area contributed by atoms with Gasteiger partial charge in [-0.15, -0.1) is 0 Å². The van der Waals surface area contributed by atoms with E-state index in [9.17, 15) is 4.79 Å². The van der Waals surface area contributed by atoms with E-state index in [2.05, 4.69) is 4.98 Å². The van der Waals surface area contributed by atoms with Gasteiger partial charge < -0.3 is 4.74 Å². The van der Waals surface area contributed by atoms with Crippen LogP contribution in [0.25, 0.3) is 0 Å². The molecule has 0 radical (unpaired) electrons. The zero-order chi connectivity index (χ0) is 15.3. The Morgan fingerprint density at radius 2 is 2.14 bits per heavy atom. The highest BCUT2D eigenvalue weighted by molar-refractivity contribution is 6.30. The number of carbonyl (C=O) groups excluding carboxylic acids is 1. The molecule has 0 spiro atoms. The fourth-order valence-electron chi connectivity index (χ4n) is 2.33. The summed E-state index contributed by atoms with van der Waals surface area (Å²) in [6, 6.07) is 11.2. The van der Waals surface area contributed by atoms with E-state index in [-0.39, 0.29) is 5.97 Å². The lowest BCUT2D eigenvalue weighted by Gasteiger charge is -2.28. The Balaban J connectivity index is 2.41. The second-order valence-corrected chi connectivity index (χ2v) is 5.54. The average molecular weight is 304 g/mol. The highest BCUT2D eigenvalue weighted by Crippen LogP contribution is 2.31. The standard InChI is InChI=1S/C17H18ClNO2/c1-3-21-16(20)17(2,11-13-6-5-9-19-12-13)14-7-4-8-15(18)10-14/h4-10,12H,3,11H2,1-2H3. The molecule has 3 nitrogen and oxygen atoms in total. The van der Waals surface area contributed by atoms with Crippen molar-refractivity contribution in [2.75, 3.05) is 6.61 Å². The summed E-state index contributed by atoms with van der Waals surface area (Å²) in [5, 5.41) is 0.606. The molecule has 0 fully saturated rings. The number of pyridine rings is 1. The van der Waals surface area contributed by atoms with E-state index < -0.39 is 5.41 Å². The molecule has 0 bridgehead atoms. The maximum Gasteiger partial charge on any atom is 0.316 e. The largest absolute Gasteiger partial charge is 0.465 e. The molecule has 1 atom stereocenters. The Labute approximate surface area is 129 Å². The summed E-state index contributed by atoms with van der Waals surface area (Å²) in [5.74, 6) is -0.254. The Hall–Kier alpha value is -1.87. The van der Waals surface area contributed by atoms with Gasteiger partial charge in [0, 0.05) is 17.4 Å². The molecule has 2 aromatic rings. The third-order valence-electron chi connectivity index (χ3n) is 3.47. The molecule has 2 rings (SSSR count). The predicted molar refractivity (Wildman–Crippen MR) is 83.4 cm³/mol. The molecular formula is C17H18ClNO2. The number of aromatic nitrogens is 1. The van der Waals surface area contributed by atoms with Crippen molar-refractivity contribution < 1.29 is 9.53 Å². The maximum atomic E-state index is 12.5. The number of halogens is 1. The quantitative estimate of drug-likeness (QED) is 0.789. The number of carbonyl (C=O) groups is 1. The number of esters is 1. The zero-order valence-corrected chi connectivity index (χ0v) is 12.9. The van der Waals surface area contributed by atoms with Crippen LogP contribution in [0.4, 0.5) is 0 Å². The molecular weight excluding hydrogens is 286 g/mol. The second kappa shape index (κ2) is 6.72. The first-order valence-corrected chi connectivity index (χ1v) is 7.26. The fraction of sp³-hybridized carbons (Fsp3) is 0.294. The lowest BCUT2D eigenvalue weighted by atomic mass is 9.77. The average Bonchev–Trinajstić information content (AvgIpc) is 2.48. The monoisotopic (exact) mass is 303 g/mol. The molecule has 0 saturated heterocycles. The van der Waals surface area contributed by atoms with Crippen LogP contribution in [0.3, 0.4) is 0 Å². The van der Waals surface area contributed by atoms with Gasteiger partial charge in [0.25, 0.3) is 0 Å². The van der Waals surface area contributed by atoms with E-state index in [0.717, 1.165) is 11.1 Å². The van der Waals surface area contributed by atoms with Crippen molar-refractivity contribution in [2.24, 2.45) is 0 Å². The number of hydrogen-bond acceptors (Lipinski definition) is 3. The van der Waals surface area contributed by atoms with E-state index in [1.165, 1.54) is 0 Å². The molecule has 0 aliphatic rings. The van der Waals surface area contributed by atoms with Crippen LogP contribution in [0.15, 0.2) is 48.8 Å². The Kier molecular flexibility index (Phi) is 4.97. The van der Waals surface area contributed by atoms with E-state index in [1.807, 2.05) is 37.3 Å². The minimum absolute atomic E-state index is 0.254. The highest BCUT2D eigenvalue weighted by atomic mass is 35.5. The lowest BCUT2D eigenvalue weighted by molar-refractivity contribution is -0.149. The Morgan fingerprint density at radius 1 is 1.33 bits per heavy atom. The summed E-state index contributed by atoms with van der Waals surface area (Å²) in [7, 11) is 0. The van der Waals surface area contributed by atoms with Crippen molar-refractivity contribution in [1.29, 1.82) is 0 Å². The van der Waals surface area contributed by atoms with Gasteiger partial charge in [0.1, 0.15) is 0 Å². The van der Waals surface area contributed by atoms with Crippen molar-refractivity contribution in [1.82, 2.24) is 4.98 Å². The Bertz CT molecular complexity index is 615. The molecule has 1 aromatic carbocycles. The summed E-state index contributed by atoms with van der Waals surface area (Å²) in [6.45, 7) is 4.03. The molecule has 1 aromatic heterocycles. The van der Waals surface area contributed by atoms with Gasteiger partial charge in [-0.2, -0.15) is 0 Å². The summed E-state index contributed by atoms with van der Waals surface area (Å²) in [5.41, 5.74) is 1.04. The SMILES string of the molecule is CCOC(=O)C(C)(Cc1cccnc1)c1cccc(Cl)c1. The van der Waals surface area contributed by atoms with Crippen LogP contribution in [0, 0.1) is 0 Å². The third-order valence-corrected chi connectivity index (χ3v) is 3.70. The number of rotatable bonds is 5. The Morgan fingerprint density at radius 3 is 2.76 bits per heavy atom. The van der Waals surface area contributed by atoms with Gasteiger partial charge in [0.2, 0.25) is 0 Å². The number of benzene rings is 1. The van der Waals surface area contributed by atoms with Gasteiger partial charge in [-0.25, -0.2) is 0 Å². The summed E-state index contributed by atoms with van der Waals surface area (Å²) in [6.07, 6.45) is 3.99.